The molecule has 0 saturated heterocycles. The zero-order chi connectivity index (χ0) is 27.1. The predicted molar refractivity (Wildman–Crippen MR) is 145 cm³/mol. The van der Waals surface area contributed by atoms with E-state index in [4.69, 9.17) is 20.8 Å². The minimum atomic E-state index is -1.02. The second-order valence-corrected chi connectivity index (χ2v) is 9.47. The van der Waals surface area contributed by atoms with Crippen molar-refractivity contribution in [3.63, 3.8) is 0 Å². The number of phenols is 1. The molecule has 1 aromatic heterocycles. The number of halogens is 1. The number of ketones is 1. The third-order valence-corrected chi connectivity index (χ3v) is 6.63. The highest BCUT2D eigenvalue weighted by Crippen LogP contribution is 2.44. The number of hydrogen-bond acceptors (Lipinski definition) is 7. The van der Waals surface area contributed by atoms with E-state index in [2.05, 4.69) is 0 Å². The van der Waals surface area contributed by atoms with E-state index in [-0.39, 0.29) is 22.8 Å². The average Bonchev–Trinajstić information content (AvgIpc) is 3.43. The lowest BCUT2D eigenvalue weighted by Crippen LogP contribution is -2.31. The molecule has 9 heteroatoms. The highest BCUT2D eigenvalue weighted by molar-refractivity contribution is 6.31. The molecule has 1 aliphatic heterocycles. The Hall–Kier alpha value is -4.43. The number of furan rings is 1. The zero-order valence-corrected chi connectivity index (χ0v) is 21.7. The van der Waals surface area contributed by atoms with E-state index in [0.717, 1.165) is 5.69 Å². The van der Waals surface area contributed by atoms with Crippen molar-refractivity contribution in [2.75, 3.05) is 30.5 Å². The van der Waals surface area contributed by atoms with Crippen LogP contribution in [0.3, 0.4) is 0 Å². The lowest BCUT2D eigenvalue weighted by atomic mass is 9.94. The number of anilines is 2. The monoisotopic (exact) mass is 532 g/mol. The van der Waals surface area contributed by atoms with Crippen molar-refractivity contribution in [1.82, 2.24) is 0 Å². The second-order valence-electron chi connectivity index (χ2n) is 9.03. The third kappa shape index (κ3) is 4.33. The summed E-state index contributed by atoms with van der Waals surface area (Å²) >= 11 is 6.09. The first-order valence-electron chi connectivity index (χ1n) is 11.9. The number of Topliss-reactive ketones (excluding diaryl/α,β-unsaturated/α-hetero) is 1. The summed E-state index contributed by atoms with van der Waals surface area (Å²) in [5, 5.41) is 22.4. The van der Waals surface area contributed by atoms with Crippen molar-refractivity contribution in [2.45, 2.75) is 13.0 Å². The van der Waals surface area contributed by atoms with Crippen LogP contribution in [0, 0.1) is 0 Å². The Morgan fingerprint density at radius 3 is 2.47 bits per heavy atom. The Morgan fingerprint density at radius 2 is 1.79 bits per heavy atom. The summed E-state index contributed by atoms with van der Waals surface area (Å²) in [6, 6.07) is 17.2. The molecule has 0 spiro atoms. The van der Waals surface area contributed by atoms with Crippen molar-refractivity contribution >= 4 is 45.6 Å². The van der Waals surface area contributed by atoms with Crippen LogP contribution in [0.4, 0.5) is 11.4 Å². The van der Waals surface area contributed by atoms with Crippen LogP contribution in [-0.2, 0) is 4.79 Å². The predicted octanol–water partition coefficient (Wildman–Crippen LogP) is 6.04. The number of fused-ring (bicyclic) bond motifs is 1. The van der Waals surface area contributed by atoms with Crippen molar-refractivity contribution in [2.24, 2.45) is 0 Å². The first-order chi connectivity index (χ1) is 18.2. The summed E-state index contributed by atoms with van der Waals surface area (Å²) in [4.78, 5) is 30.6. The van der Waals surface area contributed by atoms with E-state index in [0.29, 0.717) is 33.8 Å². The largest absolute Gasteiger partial charge is 0.504 e. The molecule has 4 aromatic rings. The molecule has 194 valence electrons. The van der Waals surface area contributed by atoms with E-state index in [1.54, 1.807) is 49.4 Å². The Morgan fingerprint density at radius 1 is 1.05 bits per heavy atom. The number of aromatic hydroxyl groups is 1. The van der Waals surface area contributed by atoms with Gasteiger partial charge in [0.2, 0.25) is 5.78 Å². The number of rotatable bonds is 7. The first-order valence-corrected chi connectivity index (χ1v) is 12.3. The molecule has 0 radical (unpaired) electrons. The number of aliphatic hydroxyl groups is 1. The van der Waals surface area contributed by atoms with Crippen molar-refractivity contribution in [3.8, 4) is 11.5 Å². The van der Waals surface area contributed by atoms with Crippen LogP contribution in [0.5, 0.6) is 11.5 Å². The van der Waals surface area contributed by atoms with E-state index in [1.807, 2.05) is 31.1 Å². The molecule has 0 saturated carbocycles. The molecule has 0 bridgehead atoms. The fraction of sp³-hybridized carbons (Fsp3) is 0.172. The van der Waals surface area contributed by atoms with Crippen LogP contribution < -0.4 is 14.5 Å². The number of phenolic OH excluding ortho intramolecular Hbond substituents is 1. The van der Waals surface area contributed by atoms with Gasteiger partial charge in [0.15, 0.2) is 23.0 Å². The van der Waals surface area contributed by atoms with Crippen LogP contribution in [0.1, 0.15) is 29.1 Å². The van der Waals surface area contributed by atoms with E-state index < -0.39 is 23.5 Å². The average molecular weight is 533 g/mol. The molecule has 3 aromatic carbocycles. The molecule has 1 unspecified atom stereocenters. The number of ether oxygens (including phenoxy) is 1. The lowest BCUT2D eigenvalue weighted by molar-refractivity contribution is -0.117. The van der Waals surface area contributed by atoms with Crippen molar-refractivity contribution in [1.29, 1.82) is 0 Å². The highest BCUT2D eigenvalue weighted by atomic mass is 35.5. The molecule has 0 fully saturated rings. The molecule has 8 nitrogen and oxygen atoms in total. The Balaban J connectivity index is 1.66. The molecule has 5 rings (SSSR count). The van der Waals surface area contributed by atoms with E-state index >= 15 is 0 Å². The minimum absolute atomic E-state index is 0.0461. The number of carbonyl (C=O) groups excluding carboxylic acids is 2. The maximum Gasteiger partial charge on any atom is 0.294 e. The third-order valence-electron chi connectivity index (χ3n) is 6.40. The van der Waals surface area contributed by atoms with Crippen LogP contribution in [0.25, 0.3) is 11.0 Å². The summed E-state index contributed by atoms with van der Waals surface area (Å²) < 4.78 is 11.3. The van der Waals surface area contributed by atoms with Gasteiger partial charge in [-0.2, -0.15) is 0 Å². The van der Waals surface area contributed by atoms with Gasteiger partial charge in [-0.1, -0.05) is 17.7 Å². The molecule has 2 heterocycles. The maximum absolute atomic E-state index is 13.8. The van der Waals surface area contributed by atoms with Gasteiger partial charge in [-0.3, -0.25) is 14.5 Å². The van der Waals surface area contributed by atoms with Crippen LogP contribution in [0.2, 0.25) is 5.02 Å². The van der Waals surface area contributed by atoms with Gasteiger partial charge in [-0.05, 0) is 73.2 Å². The van der Waals surface area contributed by atoms with Crippen LogP contribution in [0.15, 0.2) is 82.5 Å². The SMILES string of the molecule is CCOc1cc(C2C(C(=O)c3cc4cc(Cl)ccc4o3)=C(O)C(=O)N2c2ccc(N(C)C)cc2)ccc1O. The number of hydrogen-bond donors (Lipinski definition) is 2. The van der Waals surface area contributed by atoms with Crippen molar-refractivity contribution < 1.29 is 29.0 Å². The Bertz CT molecular complexity index is 1590. The normalized spacial score (nSPS) is 15.4. The number of nitrogens with zero attached hydrogens (tertiary/aromatic N) is 2. The number of amides is 1. The quantitative estimate of drug-likeness (QED) is 0.280. The van der Waals surface area contributed by atoms with Crippen LogP contribution in [-0.4, -0.2) is 42.6 Å². The number of aliphatic hydroxyl groups excluding tert-OH is 1. The molecule has 2 N–H and O–H groups in total. The van der Waals surface area contributed by atoms with E-state index in [1.165, 1.54) is 17.0 Å². The molecule has 0 aliphatic carbocycles. The second kappa shape index (κ2) is 9.79. The first kappa shape index (κ1) is 25.2. The van der Waals surface area contributed by atoms with Gasteiger partial charge in [0.1, 0.15) is 5.58 Å². The van der Waals surface area contributed by atoms with Gasteiger partial charge in [0, 0.05) is 35.9 Å². The van der Waals surface area contributed by atoms with Crippen LogP contribution >= 0.6 is 11.6 Å². The fourth-order valence-corrected chi connectivity index (χ4v) is 4.74. The summed E-state index contributed by atoms with van der Waals surface area (Å²) in [6.07, 6.45) is 0. The van der Waals surface area contributed by atoms with Gasteiger partial charge in [-0.15, -0.1) is 0 Å². The lowest BCUT2D eigenvalue weighted by Gasteiger charge is -2.27. The van der Waals surface area contributed by atoms with Gasteiger partial charge in [0.25, 0.3) is 5.91 Å². The standard InChI is InChI=1S/C29H25ClN2O6/c1-4-37-23-14-16(5-11-21(23)33)26-25(27(34)24-15-17-13-18(30)6-12-22(17)38-24)28(35)29(36)32(26)20-9-7-19(8-10-20)31(2)3/h5-15,26,33,35H,4H2,1-3H3. The summed E-state index contributed by atoms with van der Waals surface area (Å²) in [5.41, 5.74) is 2.14. The maximum atomic E-state index is 13.8. The van der Waals surface area contributed by atoms with Gasteiger partial charge < -0.3 is 24.3 Å². The zero-order valence-electron chi connectivity index (χ0n) is 20.9. The summed E-state index contributed by atoms with van der Waals surface area (Å²) in [6.45, 7) is 2.07. The molecular formula is C29H25ClN2O6. The highest BCUT2D eigenvalue weighted by Gasteiger charge is 2.45. The topological polar surface area (TPSA) is 103 Å². The molecule has 1 atom stereocenters. The summed E-state index contributed by atoms with van der Waals surface area (Å²) in [7, 11) is 3.80. The Kier molecular flexibility index (Phi) is 6.50. The number of benzene rings is 3. The fourth-order valence-electron chi connectivity index (χ4n) is 4.56. The smallest absolute Gasteiger partial charge is 0.294 e. The molecule has 38 heavy (non-hydrogen) atoms. The van der Waals surface area contributed by atoms with E-state index in [9.17, 15) is 19.8 Å². The Labute approximate surface area is 223 Å². The summed E-state index contributed by atoms with van der Waals surface area (Å²) in [5.74, 6) is -2.00. The van der Waals surface area contributed by atoms with Crippen molar-refractivity contribution in [3.05, 3.63) is 94.4 Å². The van der Waals surface area contributed by atoms with Gasteiger partial charge >= 0.3 is 0 Å². The van der Waals surface area contributed by atoms with Gasteiger partial charge in [-0.25, -0.2) is 0 Å². The minimum Gasteiger partial charge on any atom is -0.504 e. The number of carbonyl (C=O) groups is 2. The molecule has 1 aliphatic rings. The molecule has 1 amide bonds. The molecular weight excluding hydrogens is 508 g/mol. The van der Waals surface area contributed by atoms with Gasteiger partial charge in [0.05, 0.1) is 18.2 Å².